The van der Waals surface area contributed by atoms with Crippen LogP contribution < -0.4 is 5.32 Å². The third kappa shape index (κ3) is 6.94. The first-order valence-electron chi connectivity index (χ1n) is 6.35. The molecule has 0 aliphatic heterocycles. The Morgan fingerprint density at radius 1 is 1.12 bits per heavy atom. The van der Waals surface area contributed by atoms with Gasteiger partial charge in [-0.1, -0.05) is 20.3 Å². The topological polar surface area (TPSA) is 69.6 Å². The van der Waals surface area contributed by atoms with Gasteiger partial charge in [0.15, 0.2) is 0 Å². The third-order valence-corrected chi connectivity index (χ3v) is 2.38. The number of hydrogen-bond donors (Lipinski definition) is 2. The predicted octanol–water partition coefficient (Wildman–Crippen LogP) is 0.524. The van der Waals surface area contributed by atoms with E-state index in [4.69, 9.17) is 5.11 Å². The molecule has 0 aliphatic carbocycles. The molecule has 0 aromatic rings. The van der Waals surface area contributed by atoms with Crippen LogP contribution in [0.3, 0.4) is 0 Å². The normalized spacial score (nSPS) is 10.1. The molecule has 0 saturated heterocycles. The van der Waals surface area contributed by atoms with Crippen molar-refractivity contribution in [3.63, 3.8) is 0 Å². The van der Waals surface area contributed by atoms with Gasteiger partial charge >= 0.3 is 11.8 Å². The lowest BCUT2D eigenvalue weighted by Gasteiger charge is -2.21. The molecule has 17 heavy (non-hydrogen) atoms. The second-order valence-corrected chi connectivity index (χ2v) is 3.98. The van der Waals surface area contributed by atoms with Gasteiger partial charge < -0.3 is 15.3 Å². The quantitative estimate of drug-likeness (QED) is 0.483. The molecule has 0 bridgehead atoms. The lowest BCUT2D eigenvalue weighted by Crippen LogP contribution is -2.44. The lowest BCUT2D eigenvalue weighted by molar-refractivity contribution is -0.145. The molecule has 5 heteroatoms. The number of rotatable bonds is 8. The second kappa shape index (κ2) is 10.1. The molecule has 0 saturated carbocycles. The van der Waals surface area contributed by atoms with Crippen molar-refractivity contribution in [3.05, 3.63) is 0 Å². The van der Waals surface area contributed by atoms with Crippen LogP contribution >= 0.6 is 0 Å². The Bertz CT molecular complexity index is 232. The van der Waals surface area contributed by atoms with Gasteiger partial charge in [-0.2, -0.15) is 0 Å². The van der Waals surface area contributed by atoms with Gasteiger partial charge in [0.05, 0.1) is 0 Å². The number of aliphatic hydroxyl groups excluding tert-OH is 1. The first-order valence-corrected chi connectivity index (χ1v) is 6.35. The van der Waals surface area contributed by atoms with Gasteiger partial charge in [0.2, 0.25) is 0 Å². The summed E-state index contributed by atoms with van der Waals surface area (Å²) < 4.78 is 0. The summed E-state index contributed by atoms with van der Waals surface area (Å²) >= 11 is 0. The zero-order chi connectivity index (χ0) is 13.1. The Kier molecular flexibility index (Phi) is 9.43. The lowest BCUT2D eigenvalue weighted by atomic mass is 10.3. The highest BCUT2D eigenvalue weighted by molar-refractivity contribution is 6.34. The van der Waals surface area contributed by atoms with Crippen molar-refractivity contribution in [2.24, 2.45) is 0 Å². The average molecular weight is 244 g/mol. The Labute approximate surface area is 103 Å². The average Bonchev–Trinajstić information content (AvgIpc) is 2.33. The number of unbranched alkanes of at least 4 members (excludes halogenated alkanes) is 1. The molecule has 100 valence electrons. The summed E-state index contributed by atoms with van der Waals surface area (Å²) in [7, 11) is 0. The summed E-state index contributed by atoms with van der Waals surface area (Å²) in [6.07, 6.45) is 3.23. The number of nitrogens with zero attached hydrogens (tertiary/aromatic N) is 1. The van der Waals surface area contributed by atoms with E-state index in [9.17, 15) is 9.59 Å². The van der Waals surface area contributed by atoms with E-state index < -0.39 is 11.8 Å². The first kappa shape index (κ1) is 15.9. The van der Waals surface area contributed by atoms with Gasteiger partial charge in [0.25, 0.3) is 0 Å². The van der Waals surface area contributed by atoms with Crippen LogP contribution in [0, 0.1) is 0 Å². The largest absolute Gasteiger partial charge is 0.396 e. The molecule has 2 N–H and O–H groups in total. The van der Waals surface area contributed by atoms with Crippen LogP contribution in [0.1, 0.15) is 39.5 Å². The molecule has 0 heterocycles. The summed E-state index contributed by atoms with van der Waals surface area (Å²) in [6.45, 7) is 5.65. The first-order chi connectivity index (χ1) is 8.17. The highest BCUT2D eigenvalue weighted by Gasteiger charge is 2.19. The molecule has 0 aliphatic rings. The Hall–Kier alpha value is -1.10. The standard InChI is InChI=1S/C12H24N2O3/c1-3-5-9-14(8-4-2)12(17)11(16)13-7-6-10-15/h15H,3-10H2,1-2H3,(H,13,16). The van der Waals surface area contributed by atoms with Crippen molar-refractivity contribution in [1.29, 1.82) is 0 Å². The molecule has 0 rings (SSSR count). The second-order valence-electron chi connectivity index (χ2n) is 3.98. The fourth-order valence-corrected chi connectivity index (χ4v) is 1.43. The summed E-state index contributed by atoms with van der Waals surface area (Å²) in [6, 6.07) is 0. The zero-order valence-corrected chi connectivity index (χ0v) is 10.9. The smallest absolute Gasteiger partial charge is 0.311 e. The number of carbonyl (C=O) groups excluding carboxylic acids is 2. The minimum atomic E-state index is -0.567. The van der Waals surface area contributed by atoms with Gasteiger partial charge in [0.1, 0.15) is 0 Å². The van der Waals surface area contributed by atoms with E-state index in [1.165, 1.54) is 0 Å². The van der Waals surface area contributed by atoms with Crippen LogP contribution in [-0.4, -0.2) is 48.1 Å². The Balaban J connectivity index is 4.13. The molecule has 5 nitrogen and oxygen atoms in total. The van der Waals surface area contributed by atoms with Gasteiger partial charge in [-0.25, -0.2) is 0 Å². The predicted molar refractivity (Wildman–Crippen MR) is 66.5 cm³/mol. The Morgan fingerprint density at radius 3 is 2.35 bits per heavy atom. The SMILES string of the molecule is CCCCN(CCC)C(=O)C(=O)NCCCO. The molecule has 0 aromatic heterocycles. The van der Waals surface area contributed by atoms with Gasteiger partial charge in [-0.05, 0) is 19.3 Å². The van der Waals surface area contributed by atoms with Crippen LogP contribution in [0.25, 0.3) is 0 Å². The highest BCUT2D eigenvalue weighted by atomic mass is 16.3. The molecule has 2 amide bonds. The van der Waals surface area contributed by atoms with Crippen LogP contribution in [-0.2, 0) is 9.59 Å². The maximum Gasteiger partial charge on any atom is 0.311 e. The maximum atomic E-state index is 11.8. The molecule has 0 atom stereocenters. The van der Waals surface area contributed by atoms with E-state index in [1.807, 2.05) is 6.92 Å². The summed E-state index contributed by atoms with van der Waals surface area (Å²) in [5, 5.41) is 11.1. The van der Waals surface area contributed by atoms with Crippen LogP contribution in [0.4, 0.5) is 0 Å². The summed E-state index contributed by atoms with van der Waals surface area (Å²) in [4.78, 5) is 24.9. The molecule has 0 aromatic carbocycles. The highest BCUT2D eigenvalue weighted by Crippen LogP contribution is 1.98. The minimum absolute atomic E-state index is 0.0168. The van der Waals surface area contributed by atoms with E-state index in [0.717, 1.165) is 19.3 Å². The number of amides is 2. The van der Waals surface area contributed by atoms with Crippen molar-refractivity contribution in [2.45, 2.75) is 39.5 Å². The third-order valence-electron chi connectivity index (χ3n) is 2.38. The van der Waals surface area contributed by atoms with Crippen molar-refractivity contribution >= 4 is 11.8 Å². The molecular weight excluding hydrogens is 220 g/mol. The van der Waals surface area contributed by atoms with Gasteiger partial charge in [0, 0.05) is 26.2 Å². The van der Waals surface area contributed by atoms with Crippen molar-refractivity contribution in [2.75, 3.05) is 26.2 Å². The number of nitrogens with one attached hydrogen (secondary N) is 1. The van der Waals surface area contributed by atoms with E-state index >= 15 is 0 Å². The number of carbonyl (C=O) groups is 2. The fraction of sp³-hybridized carbons (Fsp3) is 0.833. The summed E-state index contributed by atoms with van der Waals surface area (Å²) in [5.41, 5.74) is 0. The van der Waals surface area contributed by atoms with Crippen LogP contribution in [0.15, 0.2) is 0 Å². The number of hydrogen-bond acceptors (Lipinski definition) is 3. The fourth-order valence-electron chi connectivity index (χ4n) is 1.43. The van der Waals surface area contributed by atoms with Gasteiger partial charge in [-0.15, -0.1) is 0 Å². The van der Waals surface area contributed by atoms with Crippen molar-refractivity contribution in [3.8, 4) is 0 Å². The molecule has 0 radical (unpaired) electrons. The van der Waals surface area contributed by atoms with Crippen molar-refractivity contribution in [1.82, 2.24) is 10.2 Å². The molecule has 0 fully saturated rings. The van der Waals surface area contributed by atoms with Crippen molar-refractivity contribution < 1.29 is 14.7 Å². The Morgan fingerprint density at radius 2 is 1.82 bits per heavy atom. The van der Waals surface area contributed by atoms with Gasteiger partial charge in [-0.3, -0.25) is 9.59 Å². The minimum Gasteiger partial charge on any atom is -0.396 e. The van der Waals surface area contributed by atoms with E-state index in [2.05, 4.69) is 12.2 Å². The molecule has 0 spiro atoms. The van der Waals surface area contributed by atoms with Crippen LogP contribution in [0.2, 0.25) is 0 Å². The molecule has 0 unspecified atom stereocenters. The monoisotopic (exact) mass is 244 g/mol. The van der Waals surface area contributed by atoms with Crippen LogP contribution in [0.5, 0.6) is 0 Å². The van der Waals surface area contributed by atoms with E-state index in [0.29, 0.717) is 26.1 Å². The number of aliphatic hydroxyl groups is 1. The van der Waals surface area contributed by atoms with E-state index in [1.54, 1.807) is 4.90 Å². The summed E-state index contributed by atoms with van der Waals surface area (Å²) in [5.74, 6) is -1.03. The zero-order valence-electron chi connectivity index (χ0n) is 10.9. The molecular formula is C12H24N2O3. The van der Waals surface area contributed by atoms with E-state index in [-0.39, 0.29) is 6.61 Å². The maximum absolute atomic E-state index is 11.8.